The molecule has 0 saturated carbocycles. The van der Waals surface area contributed by atoms with Crippen LogP contribution in [-0.4, -0.2) is 11.8 Å². The van der Waals surface area contributed by atoms with E-state index in [1.165, 1.54) is 18.2 Å². The summed E-state index contributed by atoms with van der Waals surface area (Å²) >= 11 is 0. The minimum absolute atomic E-state index is 0.198. The lowest BCUT2D eigenvalue weighted by atomic mass is 9.95. The smallest absolute Gasteiger partial charge is 0.255 e. The van der Waals surface area contributed by atoms with E-state index in [4.69, 9.17) is 0 Å². The second-order valence-electron chi connectivity index (χ2n) is 6.03. The first kappa shape index (κ1) is 16.0. The Balaban J connectivity index is 1.73. The maximum absolute atomic E-state index is 13.3. The molecule has 0 spiro atoms. The Morgan fingerprint density at radius 3 is 2.58 bits per heavy atom. The second-order valence-corrected chi connectivity index (χ2v) is 6.03. The SMILES string of the molecule is O=C(Nc1ccc(-c2ccccc2)c2c1C(=O)NC2)c1cccc(F)c1. The summed E-state index contributed by atoms with van der Waals surface area (Å²) in [6.45, 7) is 0.405. The van der Waals surface area contributed by atoms with E-state index in [-0.39, 0.29) is 11.5 Å². The molecule has 4 nitrogen and oxygen atoms in total. The molecule has 0 atom stereocenters. The molecule has 128 valence electrons. The van der Waals surface area contributed by atoms with Crippen molar-refractivity contribution in [1.82, 2.24) is 5.32 Å². The summed E-state index contributed by atoms with van der Waals surface area (Å²) in [7, 11) is 0. The van der Waals surface area contributed by atoms with E-state index in [1.807, 2.05) is 36.4 Å². The largest absolute Gasteiger partial charge is 0.348 e. The van der Waals surface area contributed by atoms with Gasteiger partial charge in [0.15, 0.2) is 0 Å². The van der Waals surface area contributed by atoms with Crippen LogP contribution < -0.4 is 10.6 Å². The van der Waals surface area contributed by atoms with E-state index in [0.29, 0.717) is 17.8 Å². The van der Waals surface area contributed by atoms with Gasteiger partial charge in [0.1, 0.15) is 5.82 Å². The number of amides is 2. The van der Waals surface area contributed by atoms with Gasteiger partial charge in [0.25, 0.3) is 11.8 Å². The van der Waals surface area contributed by atoms with E-state index >= 15 is 0 Å². The summed E-state index contributed by atoms with van der Waals surface area (Å²) in [5, 5.41) is 5.54. The molecule has 0 saturated heterocycles. The molecule has 2 amide bonds. The van der Waals surface area contributed by atoms with Crippen molar-refractivity contribution in [3.8, 4) is 11.1 Å². The number of halogens is 1. The Labute approximate surface area is 149 Å². The van der Waals surface area contributed by atoms with Gasteiger partial charge in [-0.1, -0.05) is 42.5 Å². The molecule has 0 aliphatic carbocycles. The number of anilines is 1. The Kier molecular flexibility index (Phi) is 3.97. The fourth-order valence-corrected chi connectivity index (χ4v) is 3.16. The van der Waals surface area contributed by atoms with Crippen LogP contribution in [0.25, 0.3) is 11.1 Å². The highest BCUT2D eigenvalue weighted by atomic mass is 19.1. The number of nitrogens with one attached hydrogen (secondary N) is 2. The molecule has 3 aromatic rings. The third kappa shape index (κ3) is 2.84. The normalized spacial score (nSPS) is 12.4. The number of fused-ring (bicyclic) bond motifs is 1. The van der Waals surface area contributed by atoms with Gasteiger partial charge in [-0.2, -0.15) is 0 Å². The van der Waals surface area contributed by atoms with Crippen LogP contribution >= 0.6 is 0 Å². The average Bonchev–Trinajstić information content (AvgIpc) is 3.05. The molecule has 1 heterocycles. The first-order valence-corrected chi connectivity index (χ1v) is 8.20. The van der Waals surface area contributed by atoms with E-state index in [0.717, 1.165) is 22.8 Å². The van der Waals surface area contributed by atoms with Gasteiger partial charge in [-0.05, 0) is 41.0 Å². The monoisotopic (exact) mass is 346 g/mol. The summed E-state index contributed by atoms with van der Waals surface area (Å²) in [6, 6.07) is 18.8. The first-order valence-electron chi connectivity index (χ1n) is 8.20. The number of hydrogen-bond donors (Lipinski definition) is 2. The lowest BCUT2D eigenvalue weighted by Gasteiger charge is -2.13. The third-order valence-electron chi connectivity index (χ3n) is 4.39. The molecular weight excluding hydrogens is 331 g/mol. The zero-order valence-corrected chi connectivity index (χ0v) is 13.8. The van der Waals surface area contributed by atoms with E-state index < -0.39 is 11.7 Å². The van der Waals surface area contributed by atoms with Gasteiger partial charge in [-0.15, -0.1) is 0 Å². The number of hydrogen-bond acceptors (Lipinski definition) is 2. The lowest BCUT2D eigenvalue weighted by molar-refractivity contribution is 0.0966. The van der Waals surface area contributed by atoms with Crippen molar-refractivity contribution in [2.45, 2.75) is 6.54 Å². The topological polar surface area (TPSA) is 58.2 Å². The van der Waals surface area contributed by atoms with Gasteiger partial charge in [0.2, 0.25) is 0 Å². The first-order chi connectivity index (χ1) is 12.6. The molecule has 5 heteroatoms. The summed E-state index contributed by atoms with van der Waals surface area (Å²) in [5.74, 6) is -1.17. The molecule has 4 rings (SSSR count). The van der Waals surface area contributed by atoms with Crippen LogP contribution in [0.2, 0.25) is 0 Å². The molecule has 1 aliphatic rings. The fourth-order valence-electron chi connectivity index (χ4n) is 3.16. The van der Waals surface area contributed by atoms with Crippen molar-refractivity contribution in [3.63, 3.8) is 0 Å². The minimum Gasteiger partial charge on any atom is -0.348 e. The standard InChI is InChI=1S/C21H15FN2O2/c22-15-8-4-7-14(11-15)20(25)24-18-10-9-16(13-5-2-1-3-6-13)17-12-23-21(26)19(17)18/h1-11H,12H2,(H,23,26)(H,24,25). The van der Waals surface area contributed by atoms with E-state index in [9.17, 15) is 14.0 Å². The molecule has 0 unspecified atom stereocenters. The molecule has 2 N–H and O–H groups in total. The highest BCUT2D eigenvalue weighted by molar-refractivity contribution is 6.11. The third-order valence-corrected chi connectivity index (χ3v) is 4.39. The van der Waals surface area contributed by atoms with Crippen molar-refractivity contribution >= 4 is 17.5 Å². The van der Waals surface area contributed by atoms with Crippen molar-refractivity contribution in [2.24, 2.45) is 0 Å². The van der Waals surface area contributed by atoms with Gasteiger partial charge in [0.05, 0.1) is 11.3 Å². The summed E-state index contributed by atoms with van der Waals surface area (Å²) in [4.78, 5) is 24.7. The predicted molar refractivity (Wildman–Crippen MR) is 97.4 cm³/mol. The quantitative estimate of drug-likeness (QED) is 0.753. The maximum atomic E-state index is 13.3. The molecule has 26 heavy (non-hydrogen) atoms. The van der Waals surface area contributed by atoms with Gasteiger partial charge in [-0.25, -0.2) is 4.39 Å². The molecular formula is C21H15FN2O2. The van der Waals surface area contributed by atoms with Crippen LogP contribution in [0.1, 0.15) is 26.3 Å². The fraction of sp³-hybridized carbons (Fsp3) is 0.0476. The lowest BCUT2D eigenvalue weighted by Crippen LogP contribution is -2.17. The minimum atomic E-state index is -0.486. The number of benzene rings is 3. The van der Waals surface area contributed by atoms with Crippen molar-refractivity contribution in [2.75, 3.05) is 5.32 Å². The molecule has 0 radical (unpaired) electrons. The van der Waals surface area contributed by atoms with Crippen LogP contribution in [0.5, 0.6) is 0 Å². The maximum Gasteiger partial charge on any atom is 0.255 e. The van der Waals surface area contributed by atoms with Gasteiger partial charge >= 0.3 is 0 Å². The van der Waals surface area contributed by atoms with Crippen molar-refractivity contribution in [1.29, 1.82) is 0 Å². The van der Waals surface area contributed by atoms with E-state index in [2.05, 4.69) is 10.6 Å². The second kappa shape index (κ2) is 6.44. The van der Waals surface area contributed by atoms with Crippen LogP contribution in [-0.2, 0) is 6.54 Å². The van der Waals surface area contributed by atoms with Crippen LogP contribution in [0.4, 0.5) is 10.1 Å². The van der Waals surface area contributed by atoms with Gasteiger partial charge < -0.3 is 10.6 Å². The zero-order valence-electron chi connectivity index (χ0n) is 13.8. The molecule has 0 bridgehead atoms. The summed E-state index contributed by atoms with van der Waals surface area (Å²) in [6.07, 6.45) is 0. The number of rotatable bonds is 3. The van der Waals surface area contributed by atoms with Crippen LogP contribution in [0, 0.1) is 5.82 Å². The number of carbonyl (C=O) groups is 2. The van der Waals surface area contributed by atoms with Gasteiger partial charge in [-0.3, -0.25) is 9.59 Å². The summed E-state index contributed by atoms with van der Waals surface area (Å²) < 4.78 is 13.3. The molecule has 1 aliphatic heterocycles. The Morgan fingerprint density at radius 2 is 1.81 bits per heavy atom. The van der Waals surface area contributed by atoms with Crippen molar-refractivity contribution in [3.05, 3.63) is 89.2 Å². The Hall–Kier alpha value is -3.47. The average molecular weight is 346 g/mol. The highest BCUT2D eigenvalue weighted by Gasteiger charge is 2.26. The summed E-state index contributed by atoms with van der Waals surface area (Å²) in [5.41, 5.74) is 3.87. The zero-order chi connectivity index (χ0) is 18.1. The highest BCUT2D eigenvalue weighted by Crippen LogP contribution is 2.34. The Morgan fingerprint density at radius 1 is 1.00 bits per heavy atom. The van der Waals surface area contributed by atoms with E-state index in [1.54, 1.807) is 6.07 Å². The van der Waals surface area contributed by atoms with Crippen LogP contribution in [0.15, 0.2) is 66.7 Å². The van der Waals surface area contributed by atoms with Crippen molar-refractivity contribution < 1.29 is 14.0 Å². The predicted octanol–water partition coefficient (Wildman–Crippen LogP) is 3.99. The van der Waals surface area contributed by atoms with Gasteiger partial charge in [0, 0.05) is 12.1 Å². The Bertz CT molecular complexity index is 1020. The molecule has 0 fully saturated rings. The molecule has 0 aromatic heterocycles. The number of carbonyl (C=O) groups excluding carboxylic acids is 2. The van der Waals surface area contributed by atoms with Crippen LogP contribution in [0.3, 0.4) is 0 Å². The molecule has 3 aromatic carbocycles.